The van der Waals surface area contributed by atoms with Crippen molar-refractivity contribution in [3.05, 3.63) is 56.7 Å². The zero-order valence-electron chi connectivity index (χ0n) is 28.2. The molecule has 4 atom stereocenters. The molecule has 0 aromatic heterocycles. The van der Waals surface area contributed by atoms with Crippen molar-refractivity contribution in [2.24, 2.45) is 5.73 Å². The van der Waals surface area contributed by atoms with E-state index in [2.05, 4.69) is 22.9 Å². The second-order valence-corrected chi connectivity index (χ2v) is 13.6. The van der Waals surface area contributed by atoms with Crippen molar-refractivity contribution in [1.29, 1.82) is 0 Å². The van der Waals surface area contributed by atoms with Gasteiger partial charge in [-0.1, -0.05) is 42.8 Å². The average molecular weight is 764 g/mol. The Hall–Kier alpha value is -2.90. The number of ether oxygens (including phenoxy) is 1. The van der Waals surface area contributed by atoms with Gasteiger partial charge in [0.1, 0.15) is 29.2 Å². The van der Waals surface area contributed by atoms with Crippen LogP contribution in [0.2, 0.25) is 5.02 Å². The van der Waals surface area contributed by atoms with Gasteiger partial charge in [-0.25, -0.2) is 4.79 Å². The second-order valence-electron chi connectivity index (χ2n) is 11.1. The number of phenolic OH excluding ortho intramolecular Hbond substituents is 2. The van der Waals surface area contributed by atoms with Crippen molar-refractivity contribution < 1.29 is 78.5 Å². The normalized spacial score (nSPS) is 20.1. The number of halogens is 1. The number of β-lactam (4-membered cyclic amide) rings is 1. The number of aromatic hydroxyl groups is 2. The van der Waals surface area contributed by atoms with Gasteiger partial charge in [0.25, 0.3) is 11.8 Å². The van der Waals surface area contributed by atoms with Crippen LogP contribution in [0.4, 0.5) is 0 Å². The number of quaternary nitrogens is 1. The van der Waals surface area contributed by atoms with Crippen LogP contribution in [-0.2, 0) is 23.9 Å². The number of hydrogen-bond acceptors (Lipinski definition) is 13. The fourth-order valence-corrected chi connectivity index (χ4v) is 7.46. The molecule has 3 heterocycles. The zero-order valence-corrected chi connectivity index (χ0v) is 32.6. The van der Waals surface area contributed by atoms with Crippen molar-refractivity contribution in [3.63, 3.8) is 0 Å². The van der Waals surface area contributed by atoms with Crippen LogP contribution in [-0.4, -0.2) is 101 Å². The standard InChI is InChI=1S/C23H29ClN4O7S.C8H12N2O2S.Na/c1-3-4-8-27(9-7-25-20(32)14-5-6-15(30)19(31)16(14)24)10-13-11-36-22-17(26-12-29)21(33)28(22)18(13)23(34)35-2;1-5(2-3-7(11)12)6-4-13-8(9)10-6;/h5-6,12,17,22,30-31H,3-4,7-11H2,1-2H3,(H,25,32)(H,26,29);2,4,8,10H,3,9H2,1H3,(H,11,12);/q;;+1/b;5-2+;. The van der Waals surface area contributed by atoms with Crippen LogP contribution in [0.3, 0.4) is 0 Å². The molecular formula is C31H41ClN6NaO9S2+. The van der Waals surface area contributed by atoms with Crippen LogP contribution in [0.15, 0.2) is 46.2 Å². The first-order valence-electron chi connectivity index (χ1n) is 15.4. The topological polar surface area (TPSA) is 228 Å². The van der Waals surface area contributed by atoms with Crippen LogP contribution in [0, 0.1) is 0 Å². The van der Waals surface area contributed by atoms with Gasteiger partial charge in [0.05, 0.1) is 37.3 Å². The molecule has 0 bridgehead atoms. The van der Waals surface area contributed by atoms with Gasteiger partial charge in [-0.15, -0.1) is 11.8 Å². The molecule has 3 amide bonds. The van der Waals surface area contributed by atoms with Crippen molar-refractivity contribution in [2.75, 3.05) is 39.0 Å². The predicted octanol–water partition coefficient (Wildman–Crippen LogP) is -3.88. The smallest absolute Gasteiger partial charge is 0.550 e. The summed E-state index contributed by atoms with van der Waals surface area (Å²) >= 11 is 8.93. The summed E-state index contributed by atoms with van der Waals surface area (Å²) in [5.74, 6) is -2.98. The summed E-state index contributed by atoms with van der Waals surface area (Å²) in [6.45, 7) is 5.97. The molecule has 1 aromatic carbocycles. The van der Waals surface area contributed by atoms with Gasteiger partial charge in [0, 0.05) is 29.4 Å². The molecule has 1 saturated heterocycles. The number of benzene rings is 1. The Balaban J connectivity index is 0.000000521. The van der Waals surface area contributed by atoms with Crippen LogP contribution < -0.4 is 61.2 Å². The predicted molar refractivity (Wildman–Crippen MR) is 183 cm³/mol. The van der Waals surface area contributed by atoms with E-state index in [9.17, 15) is 39.3 Å². The number of carbonyl (C=O) groups excluding carboxylic acids is 5. The molecule has 4 rings (SSSR count). The van der Waals surface area contributed by atoms with E-state index in [1.54, 1.807) is 6.08 Å². The number of methoxy groups -OCH3 is 1. The first-order chi connectivity index (χ1) is 23.3. The molecule has 8 N–H and O–H groups in total. The molecule has 0 radical (unpaired) electrons. The third kappa shape index (κ3) is 11.3. The summed E-state index contributed by atoms with van der Waals surface area (Å²) in [6.07, 6.45) is 3.90. The molecule has 19 heteroatoms. The monoisotopic (exact) mass is 763 g/mol. The second kappa shape index (κ2) is 20.8. The summed E-state index contributed by atoms with van der Waals surface area (Å²) in [7, 11) is 1.26. The number of nitrogens with zero attached hydrogens (tertiary/aromatic N) is 1. The van der Waals surface area contributed by atoms with Crippen LogP contribution in [0.1, 0.15) is 43.5 Å². The third-order valence-corrected chi connectivity index (χ3v) is 10.3. The first-order valence-corrected chi connectivity index (χ1v) is 17.7. The molecule has 3 aliphatic rings. The van der Waals surface area contributed by atoms with Crippen molar-refractivity contribution in [3.8, 4) is 11.5 Å². The minimum atomic E-state index is -1.07. The number of rotatable bonds is 15. The van der Waals surface area contributed by atoms with E-state index < -0.39 is 35.4 Å². The fourth-order valence-electron chi connectivity index (χ4n) is 5.12. The number of carbonyl (C=O) groups is 5. The van der Waals surface area contributed by atoms with Gasteiger partial charge in [-0.2, -0.15) is 0 Å². The Morgan fingerprint density at radius 3 is 2.60 bits per heavy atom. The molecule has 268 valence electrons. The molecule has 1 aromatic rings. The van der Waals surface area contributed by atoms with E-state index >= 15 is 0 Å². The maximum Gasteiger partial charge on any atom is 1.00 e. The van der Waals surface area contributed by atoms with Gasteiger partial charge in [0.15, 0.2) is 11.5 Å². The Bertz CT molecular complexity index is 1530. The van der Waals surface area contributed by atoms with E-state index in [1.807, 2.05) is 12.3 Å². The van der Waals surface area contributed by atoms with Crippen LogP contribution in [0.5, 0.6) is 11.5 Å². The molecule has 0 saturated carbocycles. The van der Waals surface area contributed by atoms with Crippen LogP contribution in [0.25, 0.3) is 0 Å². The van der Waals surface area contributed by atoms with Gasteiger partial charge in [0.2, 0.25) is 6.41 Å². The number of nitrogens with two attached hydrogens (primary N) is 1. The largest absolute Gasteiger partial charge is 1.00 e. The van der Waals surface area contributed by atoms with E-state index in [4.69, 9.17) is 22.1 Å². The molecule has 0 aliphatic carbocycles. The minimum Gasteiger partial charge on any atom is -0.550 e. The number of hydrogen-bond donors (Lipinski definition) is 7. The van der Waals surface area contributed by atoms with E-state index in [0.717, 1.165) is 41.1 Å². The number of nitrogens with one attached hydrogen (secondary N) is 4. The van der Waals surface area contributed by atoms with E-state index in [-0.39, 0.29) is 69.0 Å². The van der Waals surface area contributed by atoms with Crippen molar-refractivity contribution in [2.45, 2.75) is 50.0 Å². The van der Waals surface area contributed by atoms with Gasteiger partial charge in [-0.05, 0) is 36.5 Å². The number of unbranched alkanes of at least 4 members (excludes halogenated alkanes) is 1. The quantitative estimate of drug-likeness (QED) is 0.0299. The number of esters is 1. The third-order valence-electron chi connectivity index (χ3n) is 7.75. The number of fused-ring (bicyclic) bond motifs is 1. The Morgan fingerprint density at radius 1 is 1.28 bits per heavy atom. The first kappa shape index (κ1) is 43.3. The van der Waals surface area contributed by atoms with Crippen LogP contribution >= 0.6 is 35.1 Å². The fraction of sp³-hybridized carbons (Fsp3) is 0.452. The molecule has 0 spiro atoms. The average Bonchev–Trinajstić information content (AvgIpc) is 3.53. The molecule has 3 aliphatic heterocycles. The molecule has 15 nitrogen and oxygen atoms in total. The molecule has 1 fully saturated rings. The Kier molecular flexibility index (Phi) is 18.0. The maximum absolute atomic E-state index is 12.6. The number of phenols is 2. The number of carboxylic acid groups (broad SMARTS) is 1. The number of thioether (sulfide) groups is 2. The molecule has 50 heavy (non-hydrogen) atoms. The number of allylic oxidation sites excluding steroid dienone is 1. The zero-order chi connectivity index (χ0) is 36.2. The summed E-state index contributed by atoms with van der Waals surface area (Å²) < 4.78 is 4.96. The summed E-state index contributed by atoms with van der Waals surface area (Å²) in [4.78, 5) is 61.3. The van der Waals surface area contributed by atoms with E-state index in [0.29, 0.717) is 31.8 Å². The molecular weight excluding hydrogens is 723 g/mol. The van der Waals surface area contributed by atoms with Gasteiger partial charge < -0.3 is 51.4 Å². The van der Waals surface area contributed by atoms with Gasteiger partial charge in [-0.3, -0.25) is 19.3 Å². The Labute approximate surface area is 325 Å². The van der Waals surface area contributed by atoms with Gasteiger partial charge >= 0.3 is 35.5 Å². The number of amides is 3. The van der Waals surface area contributed by atoms with E-state index in [1.165, 1.54) is 47.7 Å². The SMILES string of the molecule is C/C(=C\CC(=O)[O-])C1=CSC(N)N1.CCCC[NH+](CCNC(=O)c1ccc(O)c(O)c1Cl)CC1=C(C(=O)OC)N2C(=O)C(NC=O)C2SC1.[Na+]. The minimum absolute atomic E-state index is 0. The number of aliphatic carboxylic acids is 1. The van der Waals surface area contributed by atoms with Crippen molar-refractivity contribution >= 4 is 65.3 Å². The number of carboxylic acids is 1. The summed E-state index contributed by atoms with van der Waals surface area (Å²) in [6, 6.07) is 1.85. The molecule has 4 unspecified atom stereocenters. The Morgan fingerprint density at radius 2 is 2.00 bits per heavy atom. The summed E-state index contributed by atoms with van der Waals surface area (Å²) in [5.41, 5.74) is 8.24. The van der Waals surface area contributed by atoms with Crippen molar-refractivity contribution in [1.82, 2.24) is 20.9 Å². The maximum atomic E-state index is 12.6. The summed E-state index contributed by atoms with van der Waals surface area (Å²) in [5, 5.41) is 39.0.